The molecular formula is C11H16BrN3O. The van der Waals surface area contributed by atoms with Gasteiger partial charge >= 0.3 is 0 Å². The Bertz CT molecular complexity index is 418. The highest BCUT2D eigenvalue weighted by atomic mass is 79.9. The van der Waals surface area contributed by atoms with Crippen LogP contribution in [-0.2, 0) is 0 Å². The molecule has 1 aromatic rings. The largest absolute Gasteiger partial charge is 0.352 e. The van der Waals surface area contributed by atoms with Crippen molar-refractivity contribution in [1.29, 1.82) is 0 Å². The van der Waals surface area contributed by atoms with E-state index in [9.17, 15) is 4.79 Å². The maximum atomic E-state index is 11.5. The molecule has 1 aromatic heterocycles. The quantitative estimate of drug-likeness (QED) is 0.907. The van der Waals surface area contributed by atoms with Gasteiger partial charge in [-0.2, -0.15) is 0 Å². The molecule has 1 aliphatic rings. The van der Waals surface area contributed by atoms with Crippen LogP contribution >= 0.6 is 15.9 Å². The van der Waals surface area contributed by atoms with E-state index in [1.54, 1.807) is 0 Å². The van der Waals surface area contributed by atoms with Crippen molar-refractivity contribution in [2.24, 2.45) is 0 Å². The highest BCUT2D eigenvalue weighted by molar-refractivity contribution is 9.10. The smallest absolute Gasteiger partial charge is 0.267 e. The minimum atomic E-state index is -0.106. The van der Waals surface area contributed by atoms with Crippen molar-refractivity contribution >= 4 is 21.7 Å². The molecule has 2 heterocycles. The summed E-state index contributed by atoms with van der Waals surface area (Å²) in [7, 11) is 0. The highest BCUT2D eigenvalue weighted by Crippen LogP contribution is 2.28. The zero-order valence-electron chi connectivity index (χ0n) is 9.37. The lowest BCUT2D eigenvalue weighted by atomic mass is 10.0. The van der Waals surface area contributed by atoms with E-state index in [1.165, 1.54) is 25.6 Å². The van der Waals surface area contributed by atoms with Crippen LogP contribution in [0.1, 0.15) is 32.6 Å². The van der Waals surface area contributed by atoms with Gasteiger partial charge in [0, 0.05) is 12.6 Å². The topological polar surface area (TPSA) is 49.0 Å². The van der Waals surface area contributed by atoms with Gasteiger partial charge in [-0.15, -0.1) is 0 Å². The van der Waals surface area contributed by atoms with Gasteiger partial charge in [0.05, 0.1) is 6.33 Å². The van der Waals surface area contributed by atoms with Crippen molar-refractivity contribution in [3.63, 3.8) is 0 Å². The average molecular weight is 286 g/mol. The maximum absolute atomic E-state index is 11.5. The number of nitrogens with one attached hydrogen (secondary N) is 1. The van der Waals surface area contributed by atoms with E-state index < -0.39 is 0 Å². The number of rotatable bonds is 2. The Morgan fingerprint density at radius 3 is 3.19 bits per heavy atom. The van der Waals surface area contributed by atoms with Gasteiger partial charge < -0.3 is 9.88 Å². The molecule has 0 spiro atoms. The number of hydrogen-bond acceptors (Lipinski definition) is 3. The van der Waals surface area contributed by atoms with Crippen LogP contribution in [0.3, 0.4) is 0 Å². The lowest BCUT2D eigenvalue weighted by Gasteiger charge is -2.36. The van der Waals surface area contributed by atoms with Gasteiger partial charge in [-0.1, -0.05) is 6.92 Å². The Kier molecular flexibility index (Phi) is 3.63. The molecule has 0 aliphatic carbocycles. The predicted octanol–water partition coefficient (Wildman–Crippen LogP) is 2.30. The normalized spacial score (nSPS) is 21.1. The summed E-state index contributed by atoms with van der Waals surface area (Å²) in [6, 6.07) is 0.513. The van der Waals surface area contributed by atoms with Crippen LogP contribution in [0.4, 0.5) is 5.82 Å². The molecule has 5 heteroatoms. The van der Waals surface area contributed by atoms with Crippen molar-refractivity contribution in [3.05, 3.63) is 21.2 Å². The van der Waals surface area contributed by atoms with Crippen LogP contribution in [-0.4, -0.2) is 22.6 Å². The molecule has 0 amide bonds. The molecule has 0 radical (unpaired) electrons. The van der Waals surface area contributed by atoms with Gasteiger partial charge in [-0.3, -0.25) is 4.79 Å². The molecule has 1 atom stereocenters. The molecule has 1 N–H and O–H groups in total. The fraction of sp³-hybridized carbons (Fsp3) is 0.636. The van der Waals surface area contributed by atoms with E-state index in [0.29, 0.717) is 10.5 Å². The molecule has 2 rings (SSSR count). The van der Waals surface area contributed by atoms with Crippen LogP contribution in [0.15, 0.2) is 15.6 Å². The first-order valence-corrected chi connectivity index (χ1v) is 6.53. The molecule has 0 aromatic carbocycles. The summed E-state index contributed by atoms with van der Waals surface area (Å²) in [5.41, 5.74) is -0.106. The Hall–Kier alpha value is -0.840. The molecule has 88 valence electrons. The number of anilines is 1. The number of aromatic nitrogens is 2. The second-order valence-electron chi connectivity index (χ2n) is 4.12. The Balaban J connectivity index is 2.34. The second kappa shape index (κ2) is 4.99. The number of nitrogens with zero attached hydrogens (tertiary/aromatic N) is 2. The summed E-state index contributed by atoms with van der Waals surface area (Å²) in [6.07, 6.45) is 6.22. The molecule has 1 aliphatic heterocycles. The Morgan fingerprint density at radius 2 is 2.44 bits per heavy atom. The lowest BCUT2D eigenvalue weighted by Crippen LogP contribution is -2.40. The molecule has 16 heavy (non-hydrogen) atoms. The molecular weight excluding hydrogens is 270 g/mol. The number of halogens is 1. The fourth-order valence-electron chi connectivity index (χ4n) is 2.28. The van der Waals surface area contributed by atoms with Gasteiger partial charge in [0.1, 0.15) is 4.47 Å². The van der Waals surface area contributed by atoms with Gasteiger partial charge in [0.15, 0.2) is 5.82 Å². The Labute approximate surface area is 103 Å². The number of piperidine rings is 1. The van der Waals surface area contributed by atoms with Gasteiger partial charge in [0.25, 0.3) is 5.56 Å². The van der Waals surface area contributed by atoms with Gasteiger partial charge in [0.2, 0.25) is 0 Å². The van der Waals surface area contributed by atoms with E-state index in [2.05, 4.69) is 37.7 Å². The van der Waals surface area contributed by atoms with E-state index >= 15 is 0 Å². The van der Waals surface area contributed by atoms with Crippen molar-refractivity contribution in [2.75, 3.05) is 11.4 Å². The van der Waals surface area contributed by atoms with Crippen LogP contribution in [0.2, 0.25) is 0 Å². The van der Waals surface area contributed by atoms with Crippen molar-refractivity contribution in [2.45, 2.75) is 38.6 Å². The summed E-state index contributed by atoms with van der Waals surface area (Å²) in [5.74, 6) is 0.787. The van der Waals surface area contributed by atoms with Gasteiger partial charge in [-0.05, 0) is 41.6 Å². The summed E-state index contributed by atoms with van der Waals surface area (Å²) < 4.78 is 0.551. The summed E-state index contributed by atoms with van der Waals surface area (Å²) in [4.78, 5) is 20.6. The minimum Gasteiger partial charge on any atom is -0.352 e. The van der Waals surface area contributed by atoms with Crippen molar-refractivity contribution in [1.82, 2.24) is 9.97 Å². The molecule has 1 fully saturated rings. The summed E-state index contributed by atoms with van der Waals surface area (Å²) in [5, 5.41) is 0. The Morgan fingerprint density at radius 1 is 1.62 bits per heavy atom. The van der Waals surface area contributed by atoms with E-state index in [-0.39, 0.29) is 5.56 Å². The number of aromatic amines is 1. The van der Waals surface area contributed by atoms with E-state index in [1.807, 2.05) is 0 Å². The van der Waals surface area contributed by atoms with Crippen molar-refractivity contribution < 1.29 is 0 Å². The molecule has 1 saturated heterocycles. The third kappa shape index (κ3) is 2.14. The molecule has 1 unspecified atom stereocenters. The van der Waals surface area contributed by atoms with E-state index in [4.69, 9.17) is 0 Å². The number of H-pyrrole nitrogens is 1. The first-order valence-electron chi connectivity index (χ1n) is 5.74. The molecule has 0 bridgehead atoms. The fourth-order valence-corrected chi connectivity index (χ4v) is 2.72. The van der Waals surface area contributed by atoms with Crippen LogP contribution in [0, 0.1) is 0 Å². The standard InChI is InChI=1S/C11H16BrN3O/c1-2-8-5-3-4-6-15(8)10-9(12)11(16)14-7-13-10/h7-8H,2-6H2,1H3,(H,13,14,16). The SMILES string of the molecule is CCC1CCCCN1c1nc[nH]c(=O)c1Br. The lowest BCUT2D eigenvalue weighted by molar-refractivity contribution is 0.446. The highest BCUT2D eigenvalue weighted by Gasteiger charge is 2.24. The molecule has 0 saturated carbocycles. The van der Waals surface area contributed by atoms with Crippen LogP contribution in [0.25, 0.3) is 0 Å². The number of hydrogen-bond donors (Lipinski definition) is 1. The van der Waals surface area contributed by atoms with Crippen molar-refractivity contribution in [3.8, 4) is 0 Å². The van der Waals surface area contributed by atoms with Gasteiger partial charge in [-0.25, -0.2) is 4.98 Å². The zero-order valence-corrected chi connectivity index (χ0v) is 11.0. The third-order valence-corrected chi connectivity index (χ3v) is 3.86. The minimum absolute atomic E-state index is 0.106. The zero-order chi connectivity index (χ0) is 11.5. The second-order valence-corrected chi connectivity index (χ2v) is 4.91. The summed E-state index contributed by atoms with van der Waals surface area (Å²) >= 11 is 3.32. The monoisotopic (exact) mass is 285 g/mol. The first-order chi connectivity index (χ1) is 7.74. The maximum Gasteiger partial charge on any atom is 0.267 e. The molecule has 4 nitrogen and oxygen atoms in total. The predicted molar refractivity (Wildman–Crippen MR) is 67.8 cm³/mol. The van der Waals surface area contributed by atoms with E-state index in [0.717, 1.165) is 18.8 Å². The average Bonchev–Trinajstić information content (AvgIpc) is 2.33. The first kappa shape index (κ1) is 11.6. The third-order valence-electron chi connectivity index (χ3n) is 3.15. The van der Waals surface area contributed by atoms with Crippen LogP contribution in [0.5, 0.6) is 0 Å². The van der Waals surface area contributed by atoms with Crippen LogP contribution < -0.4 is 10.5 Å². The summed E-state index contributed by atoms with van der Waals surface area (Å²) in [6.45, 7) is 3.18.